The molecule has 2 rings (SSSR count). The van der Waals surface area contributed by atoms with Gasteiger partial charge in [-0.05, 0) is 25.5 Å². The summed E-state index contributed by atoms with van der Waals surface area (Å²) in [6.07, 6.45) is 0. The van der Waals surface area contributed by atoms with E-state index < -0.39 is 0 Å². The molecule has 2 aromatic heterocycles. The van der Waals surface area contributed by atoms with Crippen molar-refractivity contribution in [3.8, 4) is 11.5 Å². The van der Waals surface area contributed by atoms with Gasteiger partial charge in [-0.25, -0.2) is 0 Å². The summed E-state index contributed by atoms with van der Waals surface area (Å²) in [5.74, 6) is 1.33. The van der Waals surface area contributed by atoms with Gasteiger partial charge in [-0.3, -0.25) is 4.90 Å². The van der Waals surface area contributed by atoms with Crippen LogP contribution in [0.5, 0.6) is 0 Å². The van der Waals surface area contributed by atoms with E-state index in [9.17, 15) is 0 Å². The normalized spacial score (nSPS) is 11.2. The molecular formula is C11H16N4OS. The lowest BCUT2D eigenvalue weighted by Crippen LogP contribution is -2.27. The van der Waals surface area contributed by atoms with Crippen LogP contribution >= 0.6 is 11.3 Å². The Morgan fingerprint density at radius 2 is 2.41 bits per heavy atom. The van der Waals surface area contributed by atoms with Crippen molar-refractivity contribution >= 4 is 11.3 Å². The first-order valence-electron chi connectivity index (χ1n) is 5.48. The number of hydrogen-bond acceptors (Lipinski definition) is 6. The van der Waals surface area contributed by atoms with Crippen LogP contribution in [0.4, 0.5) is 0 Å². The minimum absolute atomic E-state index is 0.600. The van der Waals surface area contributed by atoms with Crippen LogP contribution in [0, 0.1) is 0 Å². The van der Waals surface area contributed by atoms with Gasteiger partial charge >= 0.3 is 0 Å². The number of thiophene rings is 1. The fraction of sp³-hybridized carbons (Fsp3) is 0.455. The predicted octanol–water partition coefficient (Wildman–Crippen LogP) is 1.45. The maximum Gasteiger partial charge on any atom is 0.258 e. The van der Waals surface area contributed by atoms with E-state index in [2.05, 4.69) is 20.4 Å². The second-order valence-electron chi connectivity index (χ2n) is 3.87. The molecule has 6 heteroatoms. The van der Waals surface area contributed by atoms with E-state index in [1.165, 1.54) is 0 Å². The van der Waals surface area contributed by atoms with Gasteiger partial charge in [-0.1, -0.05) is 5.16 Å². The summed E-state index contributed by atoms with van der Waals surface area (Å²) in [4.78, 5) is 6.52. The molecule has 0 bridgehead atoms. The molecule has 0 aromatic carbocycles. The molecule has 2 aromatic rings. The molecule has 0 unspecified atom stereocenters. The van der Waals surface area contributed by atoms with Crippen molar-refractivity contribution in [1.29, 1.82) is 0 Å². The van der Waals surface area contributed by atoms with Crippen LogP contribution in [0.15, 0.2) is 21.3 Å². The second kappa shape index (κ2) is 5.90. The minimum atomic E-state index is 0.600. The van der Waals surface area contributed by atoms with Crippen LogP contribution in [-0.4, -0.2) is 42.2 Å². The van der Waals surface area contributed by atoms with Gasteiger partial charge in [-0.2, -0.15) is 16.3 Å². The predicted molar refractivity (Wildman–Crippen MR) is 67.9 cm³/mol. The van der Waals surface area contributed by atoms with Crippen molar-refractivity contribution in [3.05, 3.63) is 22.7 Å². The van der Waals surface area contributed by atoms with Crippen molar-refractivity contribution in [1.82, 2.24) is 20.4 Å². The zero-order chi connectivity index (χ0) is 12.1. The molecule has 5 nitrogen and oxygen atoms in total. The van der Waals surface area contributed by atoms with Gasteiger partial charge in [0.05, 0.1) is 12.1 Å². The molecule has 1 N–H and O–H groups in total. The quantitative estimate of drug-likeness (QED) is 0.843. The first kappa shape index (κ1) is 12.2. The van der Waals surface area contributed by atoms with E-state index >= 15 is 0 Å². The molecule has 0 fully saturated rings. The lowest BCUT2D eigenvalue weighted by molar-refractivity contribution is 0.311. The third kappa shape index (κ3) is 3.36. The number of nitrogens with zero attached hydrogens (tertiary/aromatic N) is 3. The molecule has 17 heavy (non-hydrogen) atoms. The van der Waals surface area contributed by atoms with Crippen molar-refractivity contribution in [3.63, 3.8) is 0 Å². The maximum absolute atomic E-state index is 5.22. The molecule has 0 radical (unpaired) electrons. The highest BCUT2D eigenvalue weighted by molar-refractivity contribution is 7.08. The molecule has 2 heterocycles. The highest BCUT2D eigenvalue weighted by atomic mass is 32.1. The van der Waals surface area contributed by atoms with Crippen molar-refractivity contribution in [2.75, 3.05) is 27.2 Å². The van der Waals surface area contributed by atoms with Crippen LogP contribution in [-0.2, 0) is 6.54 Å². The number of hydrogen-bond donors (Lipinski definition) is 1. The third-order valence-electron chi connectivity index (χ3n) is 2.39. The molecule has 0 aliphatic heterocycles. The van der Waals surface area contributed by atoms with E-state index in [-0.39, 0.29) is 0 Å². The van der Waals surface area contributed by atoms with Gasteiger partial charge in [0, 0.05) is 18.5 Å². The molecule has 0 saturated heterocycles. The van der Waals surface area contributed by atoms with Gasteiger partial charge in [0.15, 0.2) is 5.82 Å². The Hall–Kier alpha value is -1.24. The van der Waals surface area contributed by atoms with Crippen LogP contribution in [0.2, 0.25) is 0 Å². The van der Waals surface area contributed by atoms with Gasteiger partial charge in [0.1, 0.15) is 0 Å². The molecule has 0 aliphatic rings. The van der Waals surface area contributed by atoms with E-state index in [0.717, 1.165) is 24.5 Å². The topological polar surface area (TPSA) is 54.2 Å². The van der Waals surface area contributed by atoms with Crippen LogP contribution in [0.1, 0.15) is 5.82 Å². The standard InChI is InChI=1S/C11H16N4OS/c1-12-4-5-15(2)7-10-13-11(16-14-10)9-3-6-17-8-9/h3,6,8,12H,4-5,7H2,1-2H3. The van der Waals surface area contributed by atoms with E-state index in [0.29, 0.717) is 12.4 Å². The molecule has 0 spiro atoms. The lowest BCUT2D eigenvalue weighted by atomic mass is 10.3. The largest absolute Gasteiger partial charge is 0.334 e. The first-order valence-corrected chi connectivity index (χ1v) is 6.42. The number of nitrogens with one attached hydrogen (secondary N) is 1. The van der Waals surface area contributed by atoms with Gasteiger partial charge in [-0.15, -0.1) is 0 Å². The van der Waals surface area contributed by atoms with Gasteiger partial charge in [0.25, 0.3) is 5.89 Å². The Morgan fingerprint density at radius 1 is 1.53 bits per heavy atom. The van der Waals surface area contributed by atoms with Crippen molar-refractivity contribution in [2.45, 2.75) is 6.54 Å². The average Bonchev–Trinajstić information content (AvgIpc) is 2.95. The lowest BCUT2D eigenvalue weighted by Gasteiger charge is -2.13. The Bertz CT molecular complexity index is 440. The van der Waals surface area contributed by atoms with Crippen LogP contribution in [0.25, 0.3) is 11.5 Å². The Morgan fingerprint density at radius 3 is 3.12 bits per heavy atom. The smallest absolute Gasteiger partial charge is 0.258 e. The fourth-order valence-corrected chi connectivity index (χ4v) is 2.07. The summed E-state index contributed by atoms with van der Waals surface area (Å²) >= 11 is 1.62. The molecular weight excluding hydrogens is 236 g/mol. The second-order valence-corrected chi connectivity index (χ2v) is 4.65. The van der Waals surface area contributed by atoms with E-state index in [1.807, 2.05) is 30.9 Å². The van der Waals surface area contributed by atoms with Crippen LogP contribution in [0.3, 0.4) is 0 Å². The summed E-state index contributed by atoms with van der Waals surface area (Å²) in [6.45, 7) is 2.61. The maximum atomic E-state index is 5.22. The SMILES string of the molecule is CNCCN(C)Cc1noc(-c2ccsc2)n1. The third-order valence-corrected chi connectivity index (χ3v) is 3.07. The molecule has 0 amide bonds. The summed E-state index contributed by atoms with van der Waals surface area (Å²) in [6, 6.07) is 1.98. The summed E-state index contributed by atoms with van der Waals surface area (Å²) in [5.41, 5.74) is 0.992. The van der Waals surface area contributed by atoms with Gasteiger partial charge in [0.2, 0.25) is 0 Å². The molecule has 0 atom stereocenters. The van der Waals surface area contributed by atoms with Crippen molar-refractivity contribution < 1.29 is 4.52 Å². The molecule has 92 valence electrons. The number of likely N-dealkylation sites (N-methyl/N-ethyl adjacent to an activating group) is 2. The average molecular weight is 252 g/mol. The fourth-order valence-electron chi connectivity index (χ4n) is 1.44. The van der Waals surface area contributed by atoms with Crippen molar-refractivity contribution in [2.24, 2.45) is 0 Å². The zero-order valence-corrected chi connectivity index (χ0v) is 10.8. The van der Waals surface area contributed by atoms with E-state index in [1.54, 1.807) is 11.3 Å². The van der Waals surface area contributed by atoms with E-state index in [4.69, 9.17) is 4.52 Å². The molecule has 0 aliphatic carbocycles. The monoisotopic (exact) mass is 252 g/mol. The van der Waals surface area contributed by atoms with Crippen LogP contribution < -0.4 is 5.32 Å². The summed E-state index contributed by atoms with van der Waals surface area (Å²) < 4.78 is 5.22. The highest BCUT2D eigenvalue weighted by Crippen LogP contribution is 2.19. The highest BCUT2D eigenvalue weighted by Gasteiger charge is 2.10. The zero-order valence-electron chi connectivity index (χ0n) is 10.0. The number of aromatic nitrogens is 2. The summed E-state index contributed by atoms with van der Waals surface area (Å²) in [7, 11) is 3.98. The first-order chi connectivity index (χ1) is 8.29. The Labute approximate surface area is 104 Å². The van der Waals surface area contributed by atoms with Gasteiger partial charge < -0.3 is 9.84 Å². The Balaban J connectivity index is 1.94. The minimum Gasteiger partial charge on any atom is -0.334 e. The summed E-state index contributed by atoms with van der Waals surface area (Å²) in [5, 5.41) is 11.1. The molecule has 0 saturated carbocycles. The Kier molecular flexibility index (Phi) is 4.24. The number of rotatable bonds is 6.